The van der Waals surface area contributed by atoms with Crippen molar-refractivity contribution in [1.29, 1.82) is 0 Å². The lowest BCUT2D eigenvalue weighted by Gasteiger charge is -2.13. The Bertz CT molecular complexity index is 654. The van der Waals surface area contributed by atoms with Crippen LogP contribution in [0.2, 0.25) is 0 Å². The zero-order valence-corrected chi connectivity index (χ0v) is 11.5. The van der Waals surface area contributed by atoms with Gasteiger partial charge in [-0.15, -0.1) is 0 Å². The first kappa shape index (κ1) is 15.0. The molecule has 0 saturated carbocycles. The Balaban J connectivity index is 2.05. The average molecular weight is 287 g/mol. The minimum Gasteiger partial charge on any atom is -0.480 e. The van der Waals surface area contributed by atoms with Gasteiger partial charge in [-0.1, -0.05) is 42.5 Å². The maximum absolute atomic E-state index is 11.9. The highest BCUT2D eigenvalue weighted by molar-refractivity contribution is 5.87. The largest absolute Gasteiger partial charge is 0.480 e. The topological polar surface area (TPSA) is 86.6 Å². The molecule has 110 valence electrons. The number of carboxylic acids is 1. The maximum Gasteiger partial charge on any atom is 0.326 e. The van der Waals surface area contributed by atoms with Crippen molar-refractivity contribution < 1.29 is 19.8 Å². The van der Waals surface area contributed by atoms with Gasteiger partial charge >= 0.3 is 5.97 Å². The Morgan fingerprint density at radius 1 is 1.10 bits per heavy atom. The number of carbonyl (C=O) groups excluding carboxylic acids is 1. The monoisotopic (exact) mass is 287 g/mol. The summed E-state index contributed by atoms with van der Waals surface area (Å²) < 4.78 is 0. The molecule has 0 fully saturated rings. The van der Waals surface area contributed by atoms with Crippen LogP contribution < -0.4 is 5.32 Å². The molecule has 0 radical (unpaired) electrons. The van der Waals surface area contributed by atoms with E-state index in [4.69, 9.17) is 10.2 Å². The average Bonchev–Trinajstić information content (AvgIpc) is 2.46. The van der Waals surface area contributed by atoms with E-state index < -0.39 is 12.0 Å². The normalized spacial score (nSPS) is 12.0. The van der Waals surface area contributed by atoms with Crippen molar-refractivity contribution in [2.45, 2.75) is 18.9 Å². The van der Waals surface area contributed by atoms with E-state index in [0.29, 0.717) is 0 Å². The number of hydrogen-bond donors (Lipinski definition) is 3. The van der Waals surface area contributed by atoms with Crippen molar-refractivity contribution in [3.8, 4) is 0 Å². The van der Waals surface area contributed by atoms with Crippen molar-refractivity contribution in [3.05, 3.63) is 48.0 Å². The van der Waals surface area contributed by atoms with Gasteiger partial charge in [-0.3, -0.25) is 4.79 Å². The van der Waals surface area contributed by atoms with Crippen molar-refractivity contribution in [2.75, 3.05) is 6.61 Å². The van der Waals surface area contributed by atoms with E-state index in [0.717, 1.165) is 16.3 Å². The van der Waals surface area contributed by atoms with Crippen LogP contribution in [0, 0.1) is 0 Å². The van der Waals surface area contributed by atoms with Crippen molar-refractivity contribution in [1.82, 2.24) is 5.32 Å². The molecule has 21 heavy (non-hydrogen) atoms. The molecule has 5 nitrogen and oxygen atoms in total. The minimum absolute atomic E-state index is 0.00120. The quantitative estimate of drug-likeness (QED) is 0.748. The molecule has 0 heterocycles. The molecule has 1 atom stereocenters. The number of aliphatic hydroxyl groups is 1. The lowest BCUT2D eigenvalue weighted by atomic mass is 10.0. The van der Waals surface area contributed by atoms with Crippen LogP contribution >= 0.6 is 0 Å². The smallest absolute Gasteiger partial charge is 0.326 e. The van der Waals surface area contributed by atoms with Gasteiger partial charge in [0.1, 0.15) is 6.04 Å². The number of rotatable bonds is 6. The fourth-order valence-electron chi connectivity index (χ4n) is 2.17. The van der Waals surface area contributed by atoms with Gasteiger partial charge in [0.05, 0.1) is 6.42 Å². The molecule has 2 rings (SSSR count). The maximum atomic E-state index is 11.9. The third-order valence-corrected chi connectivity index (χ3v) is 3.23. The number of aliphatic carboxylic acids is 1. The molecular weight excluding hydrogens is 270 g/mol. The van der Waals surface area contributed by atoms with E-state index in [1.807, 2.05) is 42.5 Å². The highest BCUT2D eigenvalue weighted by Crippen LogP contribution is 2.16. The highest BCUT2D eigenvalue weighted by Gasteiger charge is 2.19. The molecule has 0 bridgehead atoms. The number of aliphatic hydroxyl groups excluding tert-OH is 1. The van der Waals surface area contributed by atoms with Crippen molar-refractivity contribution in [3.63, 3.8) is 0 Å². The predicted molar refractivity (Wildman–Crippen MR) is 78.9 cm³/mol. The molecule has 0 aliphatic carbocycles. The van der Waals surface area contributed by atoms with E-state index >= 15 is 0 Å². The Morgan fingerprint density at radius 3 is 2.48 bits per heavy atom. The zero-order valence-electron chi connectivity index (χ0n) is 11.5. The zero-order chi connectivity index (χ0) is 15.2. The number of nitrogens with one attached hydrogen (secondary N) is 1. The Labute approximate surface area is 122 Å². The summed E-state index contributed by atoms with van der Waals surface area (Å²) in [6.45, 7) is -0.285. The van der Waals surface area contributed by atoms with Crippen molar-refractivity contribution >= 4 is 22.6 Å². The summed E-state index contributed by atoms with van der Waals surface area (Å²) in [6, 6.07) is 12.5. The number of amides is 1. The van der Waals surface area contributed by atoms with Crippen LogP contribution in [0.15, 0.2) is 42.5 Å². The molecule has 0 saturated heterocycles. The number of benzene rings is 2. The van der Waals surface area contributed by atoms with Crippen LogP contribution in [0.5, 0.6) is 0 Å². The first-order chi connectivity index (χ1) is 10.1. The Hall–Kier alpha value is -2.40. The molecule has 0 aromatic heterocycles. The second-order valence-electron chi connectivity index (χ2n) is 4.83. The lowest BCUT2D eigenvalue weighted by Crippen LogP contribution is -2.42. The van der Waals surface area contributed by atoms with Crippen LogP contribution in [0.1, 0.15) is 12.0 Å². The Morgan fingerprint density at radius 2 is 1.81 bits per heavy atom. The molecule has 1 amide bonds. The van der Waals surface area contributed by atoms with Crippen LogP contribution in [0.3, 0.4) is 0 Å². The summed E-state index contributed by atoms with van der Waals surface area (Å²) in [5, 5.41) is 22.3. The van der Waals surface area contributed by atoms with Gasteiger partial charge in [0, 0.05) is 13.0 Å². The molecule has 2 aromatic rings. The lowest BCUT2D eigenvalue weighted by molar-refractivity contribution is -0.142. The number of carboxylic acid groups (broad SMARTS) is 1. The molecule has 0 spiro atoms. The van der Waals surface area contributed by atoms with Gasteiger partial charge in [0.25, 0.3) is 0 Å². The summed E-state index contributed by atoms with van der Waals surface area (Å²) >= 11 is 0. The molecular formula is C16H17NO4. The number of fused-ring (bicyclic) bond motifs is 1. The van der Waals surface area contributed by atoms with Gasteiger partial charge < -0.3 is 15.5 Å². The third kappa shape index (κ3) is 4.03. The fraction of sp³-hybridized carbons (Fsp3) is 0.250. The summed E-state index contributed by atoms with van der Waals surface area (Å²) in [6.07, 6.45) is 0.110. The van der Waals surface area contributed by atoms with Crippen LogP contribution in [-0.4, -0.2) is 34.7 Å². The van der Waals surface area contributed by atoms with Gasteiger partial charge in [0.2, 0.25) is 5.91 Å². The standard InChI is InChI=1S/C16H17NO4/c18-8-7-14(16(20)21)17-15(19)10-11-5-6-12-3-1-2-4-13(12)9-11/h1-6,9,14,18H,7-8,10H2,(H,17,19)(H,20,21). The highest BCUT2D eigenvalue weighted by atomic mass is 16.4. The van der Waals surface area contributed by atoms with Gasteiger partial charge in [-0.25, -0.2) is 4.79 Å². The second kappa shape index (κ2) is 6.85. The van der Waals surface area contributed by atoms with E-state index in [9.17, 15) is 9.59 Å². The van der Waals surface area contributed by atoms with E-state index in [1.165, 1.54) is 0 Å². The van der Waals surface area contributed by atoms with Gasteiger partial charge in [-0.2, -0.15) is 0 Å². The number of hydrogen-bond acceptors (Lipinski definition) is 3. The van der Waals surface area contributed by atoms with E-state index in [-0.39, 0.29) is 25.4 Å². The molecule has 3 N–H and O–H groups in total. The predicted octanol–water partition coefficient (Wildman–Crippen LogP) is 1.33. The first-order valence-corrected chi connectivity index (χ1v) is 6.71. The Kier molecular flexibility index (Phi) is 4.90. The third-order valence-electron chi connectivity index (χ3n) is 3.23. The summed E-state index contributed by atoms with van der Waals surface area (Å²) in [5.74, 6) is -1.51. The molecule has 5 heteroatoms. The number of carbonyl (C=O) groups is 2. The van der Waals surface area contributed by atoms with E-state index in [2.05, 4.69) is 5.32 Å². The van der Waals surface area contributed by atoms with Gasteiger partial charge in [0.15, 0.2) is 0 Å². The molecule has 2 aromatic carbocycles. The molecule has 0 aliphatic heterocycles. The minimum atomic E-state index is -1.14. The second-order valence-corrected chi connectivity index (χ2v) is 4.83. The molecule has 1 unspecified atom stereocenters. The summed E-state index contributed by atoms with van der Waals surface area (Å²) in [7, 11) is 0. The SMILES string of the molecule is O=C(Cc1ccc2ccccc2c1)NC(CCO)C(=O)O. The van der Waals surface area contributed by atoms with Crippen LogP contribution in [0.25, 0.3) is 10.8 Å². The van der Waals surface area contributed by atoms with Gasteiger partial charge in [-0.05, 0) is 16.3 Å². The van der Waals surface area contributed by atoms with Crippen LogP contribution in [0.4, 0.5) is 0 Å². The molecule has 0 aliphatic rings. The summed E-state index contributed by atoms with van der Waals surface area (Å²) in [4.78, 5) is 22.8. The summed E-state index contributed by atoms with van der Waals surface area (Å²) in [5.41, 5.74) is 0.819. The fourth-order valence-corrected chi connectivity index (χ4v) is 2.17. The van der Waals surface area contributed by atoms with Crippen molar-refractivity contribution in [2.24, 2.45) is 0 Å². The first-order valence-electron chi connectivity index (χ1n) is 6.71. The van der Waals surface area contributed by atoms with E-state index in [1.54, 1.807) is 0 Å². The van der Waals surface area contributed by atoms with Crippen LogP contribution in [-0.2, 0) is 16.0 Å².